The second-order valence-electron chi connectivity index (χ2n) is 8.61. The average Bonchev–Trinajstić information content (AvgIpc) is 3.39. The summed E-state index contributed by atoms with van der Waals surface area (Å²) < 4.78 is 47.4. The fourth-order valence-corrected chi connectivity index (χ4v) is 4.15. The van der Waals surface area contributed by atoms with Gasteiger partial charge in [-0.25, -0.2) is 4.68 Å². The molecule has 5 nitrogen and oxygen atoms in total. The first-order valence-electron chi connectivity index (χ1n) is 11.9. The number of nitrogens with zero attached hydrogens (tertiary/aromatic N) is 2. The van der Waals surface area contributed by atoms with Crippen LogP contribution in [-0.4, -0.2) is 15.7 Å². The molecule has 0 radical (unpaired) electrons. The number of amides is 1. The number of hydrogen-bond acceptors (Lipinski definition) is 3. The number of aromatic nitrogens is 2. The Morgan fingerprint density at radius 2 is 1.59 bits per heavy atom. The molecule has 0 bridgehead atoms. The Labute approximate surface area is 227 Å². The normalized spacial score (nSPS) is 11.3. The predicted molar refractivity (Wildman–Crippen MR) is 144 cm³/mol. The van der Waals surface area contributed by atoms with Crippen molar-refractivity contribution in [1.29, 1.82) is 0 Å². The first-order valence-corrected chi connectivity index (χ1v) is 12.3. The molecule has 5 rings (SSSR count). The smallest absolute Gasteiger partial charge is 0.435 e. The Balaban J connectivity index is 1.34. The van der Waals surface area contributed by atoms with Crippen LogP contribution in [-0.2, 0) is 12.8 Å². The van der Waals surface area contributed by atoms with Crippen molar-refractivity contribution in [3.8, 4) is 22.7 Å². The van der Waals surface area contributed by atoms with E-state index in [1.165, 1.54) is 12.1 Å². The van der Waals surface area contributed by atoms with Gasteiger partial charge in [-0.15, -0.1) is 0 Å². The predicted octanol–water partition coefficient (Wildman–Crippen LogP) is 8.04. The topological polar surface area (TPSA) is 56.1 Å². The van der Waals surface area contributed by atoms with E-state index in [-0.39, 0.29) is 16.6 Å². The first kappa shape index (κ1) is 26.1. The second-order valence-corrected chi connectivity index (χ2v) is 9.02. The molecule has 0 atom stereocenters. The van der Waals surface area contributed by atoms with Gasteiger partial charge in [0.25, 0.3) is 5.91 Å². The van der Waals surface area contributed by atoms with Crippen LogP contribution >= 0.6 is 11.6 Å². The van der Waals surface area contributed by atoms with Gasteiger partial charge in [0.1, 0.15) is 12.4 Å². The van der Waals surface area contributed by atoms with Gasteiger partial charge in [-0.3, -0.25) is 4.79 Å². The molecule has 0 saturated carbocycles. The maximum atomic E-state index is 13.5. The lowest BCUT2D eigenvalue weighted by Crippen LogP contribution is -2.11. The molecule has 9 heteroatoms. The van der Waals surface area contributed by atoms with E-state index in [4.69, 9.17) is 16.3 Å². The number of rotatable bonds is 7. The number of hydrogen-bond donors (Lipinski definition) is 1. The number of carbonyl (C=O) groups is 1. The standard InChI is InChI=1S/C30H21ClF3N3O2/c31-25-11-4-5-12-26(25)37-27(18-28(36-37)30(32,33)34)21-13-15-22(16-14-21)29(38)35-23-9-6-10-24(17-23)39-19-20-7-2-1-3-8-20/h1-18H,19H2,(H,35,38). The molecule has 0 aliphatic rings. The zero-order valence-electron chi connectivity index (χ0n) is 20.3. The van der Waals surface area contributed by atoms with Crippen molar-refractivity contribution in [2.45, 2.75) is 12.8 Å². The van der Waals surface area contributed by atoms with Crippen molar-refractivity contribution < 1.29 is 22.7 Å². The number of ether oxygens (including phenoxy) is 1. The van der Waals surface area contributed by atoms with Crippen LogP contribution in [0.4, 0.5) is 18.9 Å². The van der Waals surface area contributed by atoms with Gasteiger partial charge in [0, 0.05) is 22.9 Å². The van der Waals surface area contributed by atoms with Crippen molar-refractivity contribution in [2.24, 2.45) is 0 Å². The van der Waals surface area contributed by atoms with Crippen molar-refractivity contribution in [2.75, 3.05) is 5.32 Å². The van der Waals surface area contributed by atoms with E-state index in [2.05, 4.69) is 10.4 Å². The van der Waals surface area contributed by atoms with Gasteiger partial charge >= 0.3 is 6.18 Å². The number of nitrogens with one attached hydrogen (secondary N) is 1. The van der Waals surface area contributed by atoms with Crippen LogP contribution in [0.1, 0.15) is 21.6 Å². The Kier molecular flexibility index (Phi) is 7.38. The van der Waals surface area contributed by atoms with Crippen LogP contribution in [0.5, 0.6) is 5.75 Å². The number of halogens is 4. The molecule has 1 heterocycles. The molecule has 5 aromatic rings. The summed E-state index contributed by atoms with van der Waals surface area (Å²) in [5.74, 6) is 0.220. The summed E-state index contributed by atoms with van der Waals surface area (Å²) in [6.07, 6.45) is -4.64. The van der Waals surface area contributed by atoms with E-state index < -0.39 is 11.9 Å². The monoisotopic (exact) mass is 547 g/mol. The minimum atomic E-state index is -4.64. The van der Waals surface area contributed by atoms with Crippen molar-refractivity contribution in [1.82, 2.24) is 9.78 Å². The van der Waals surface area contributed by atoms with E-state index in [9.17, 15) is 18.0 Å². The van der Waals surface area contributed by atoms with E-state index in [1.807, 2.05) is 30.3 Å². The van der Waals surface area contributed by atoms with Crippen LogP contribution < -0.4 is 10.1 Å². The Morgan fingerprint density at radius 3 is 2.31 bits per heavy atom. The zero-order chi connectivity index (χ0) is 27.4. The summed E-state index contributed by atoms with van der Waals surface area (Å²) in [5.41, 5.74) is 1.77. The number of anilines is 1. The summed E-state index contributed by atoms with van der Waals surface area (Å²) in [5, 5.41) is 6.83. The highest BCUT2D eigenvalue weighted by Crippen LogP contribution is 2.34. The van der Waals surface area contributed by atoms with Crippen LogP contribution in [0, 0.1) is 0 Å². The highest BCUT2D eigenvalue weighted by atomic mass is 35.5. The SMILES string of the molecule is O=C(Nc1cccc(OCc2ccccc2)c1)c1ccc(-c2cc(C(F)(F)F)nn2-c2ccccc2Cl)cc1. The molecule has 0 fully saturated rings. The lowest BCUT2D eigenvalue weighted by atomic mass is 10.1. The Morgan fingerprint density at radius 1 is 0.872 bits per heavy atom. The molecular formula is C30H21ClF3N3O2. The molecule has 0 unspecified atom stereocenters. The highest BCUT2D eigenvalue weighted by molar-refractivity contribution is 6.32. The molecule has 196 valence electrons. The molecule has 0 aliphatic carbocycles. The summed E-state index contributed by atoms with van der Waals surface area (Å²) >= 11 is 6.24. The van der Waals surface area contributed by atoms with Crippen molar-refractivity contribution in [3.05, 3.63) is 131 Å². The van der Waals surface area contributed by atoms with Crippen molar-refractivity contribution in [3.63, 3.8) is 0 Å². The van der Waals surface area contributed by atoms with Gasteiger partial charge in [-0.2, -0.15) is 18.3 Å². The zero-order valence-corrected chi connectivity index (χ0v) is 21.1. The minimum Gasteiger partial charge on any atom is -0.489 e. The van der Waals surface area contributed by atoms with Crippen molar-refractivity contribution >= 4 is 23.2 Å². The quantitative estimate of drug-likeness (QED) is 0.224. The van der Waals surface area contributed by atoms with Crippen LogP contribution in [0.2, 0.25) is 5.02 Å². The van der Waals surface area contributed by atoms with Gasteiger partial charge in [-0.1, -0.05) is 72.3 Å². The van der Waals surface area contributed by atoms with Gasteiger partial charge in [0.15, 0.2) is 5.69 Å². The molecule has 1 N–H and O–H groups in total. The van der Waals surface area contributed by atoms with Gasteiger partial charge in [0.05, 0.1) is 16.4 Å². The third-order valence-electron chi connectivity index (χ3n) is 5.86. The average molecular weight is 548 g/mol. The molecule has 0 spiro atoms. The third kappa shape index (κ3) is 6.13. The lowest BCUT2D eigenvalue weighted by Gasteiger charge is -2.11. The number of benzene rings is 4. The molecule has 0 aliphatic heterocycles. The van der Waals surface area contributed by atoms with Gasteiger partial charge in [0.2, 0.25) is 0 Å². The summed E-state index contributed by atoms with van der Waals surface area (Å²) in [7, 11) is 0. The van der Waals surface area contributed by atoms with Crippen LogP contribution in [0.3, 0.4) is 0 Å². The molecule has 4 aromatic carbocycles. The maximum absolute atomic E-state index is 13.5. The van der Waals surface area contributed by atoms with Gasteiger partial charge < -0.3 is 10.1 Å². The van der Waals surface area contributed by atoms with Gasteiger partial charge in [-0.05, 0) is 48.0 Å². The molecule has 0 saturated heterocycles. The molecule has 1 aromatic heterocycles. The van der Waals surface area contributed by atoms with E-state index >= 15 is 0 Å². The number of para-hydroxylation sites is 1. The van der Waals surface area contributed by atoms with E-state index in [0.717, 1.165) is 16.3 Å². The first-order chi connectivity index (χ1) is 18.8. The summed E-state index contributed by atoms with van der Waals surface area (Å²) in [4.78, 5) is 12.9. The van der Waals surface area contributed by atoms with Crippen LogP contribution in [0.25, 0.3) is 16.9 Å². The molecule has 39 heavy (non-hydrogen) atoms. The Bertz CT molecular complexity index is 1600. The third-order valence-corrected chi connectivity index (χ3v) is 6.18. The van der Waals surface area contributed by atoms with E-state index in [1.54, 1.807) is 60.7 Å². The summed E-state index contributed by atoms with van der Waals surface area (Å²) in [6, 6.07) is 30.4. The lowest BCUT2D eigenvalue weighted by molar-refractivity contribution is -0.141. The maximum Gasteiger partial charge on any atom is 0.435 e. The largest absolute Gasteiger partial charge is 0.489 e. The molecule has 1 amide bonds. The second kappa shape index (κ2) is 11.0. The molecular weight excluding hydrogens is 527 g/mol. The summed E-state index contributed by atoms with van der Waals surface area (Å²) in [6.45, 7) is 0.389. The fraction of sp³-hybridized carbons (Fsp3) is 0.0667. The minimum absolute atomic E-state index is 0.186. The number of carbonyl (C=O) groups excluding carboxylic acids is 1. The number of alkyl halides is 3. The van der Waals surface area contributed by atoms with E-state index in [0.29, 0.717) is 34.9 Å². The Hall–Kier alpha value is -4.56. The fourth-order valence-electron chi connectivity index (χ4n) is 3.93. The van der Waals surface area contributed by atoms with Crippen LogP contribution in [0.15, 0.2) is 109 Å². The highest BCUT2D eigenvalue weighted by Gasteiger charge is 2.35.